The van der Waals surface area contributed by atoms with Crippen LogP contribution in [0.5, 0.6) is 0 Å². The molecule has 0 amide bonds. The van der Waals surface area contributed by atoms with Crippen molar-refractivity contribution in [1.82, 2.24) is 19.6 Å². The Morgan fingerprint density at radius 1 is 1.41 bits per heavy atom. The Kier molecular flexibility index (Phi) is 2.77. The van der Waals surface area contributed by atoms with Crippen LogP contribution in [0.3, 0.4) is 0 Å². The topological polar surface area (TPSA) is 102 Å². The van der Waals surface area contributed by atoms with Crippen molar-refractivity contribution in [3.63, 3.8) is 0 Å². The summed E-state index contributed by atoms with van der Waals surface area (Å²) in [6.07, 6.45) is 4.00. The maximum absolute atomic E-state index is 9.49. The molecule has 0 saturated carbocycles. The molecule has 7 nitrogen and oxygen atoms in total. The van der Waals surface area contributed by atoms with Gasteiger partial charge in [-0.2, -0.15) is 10.4 Å². The molecular weight excluding hydrogens is 280 g/mol. The molecule has 0 saturated heterocycles. The van der Waals surface area contributed by atoms with E-state index in [9.17, 15) is 5.26 Å². The Bertz CT molecular complexity index is 924. The number of aromatic nitrogens is 4. The molecule has 2 N–H and O–H groups in total. The van der Waals surface area contributed by atoms with Gasteiger partial charge < -0.3 is 10.5 Å². The molecule has 1 aliphatic rings. The number of nitrogen functional groups attached to an aromatic ring is 1. The van der Waals surface area contributed by atoms with Gasteiger partial charge in [-0.25, -0.2) is 14.5 Å². The average Bonchev–Trinajstić information content (AvgIpc) is 3.01. The molecular formula is C15H12N6O. The lowest BCUT2D eigenvalue weighted by Crippen LogP contribution is -2.16. The smallest absolute Gasteiger partial charge is 0.155 e. The summed E-state index contributed by atoms with van der Waals surface area (Å²) in [5.41, 5.74) is 10.6. The lowest BCUT2D eigenvalue weighted by Gasteiger charge is -2.21. The number of fused-ring (bicyclic) bond motifs is 2. The van der Waals surface area contributed by atoms with E-state index in [4.69, 9.17) is 10.5 Å². The van der Waals surface area contributed by atoms with Gasteiger partial charge in [-0.3, -0.25) is 0 Å². The predicted octanol–water partition coefficient (Wildman–Crippen LogP) is 1.32. The first-order chi connectivity index (χ1) is 10.8. The number of hydrogen-bond acceptors (Lipinski definition) is 6. The summed E-state index contributed by atoms with van der Waals surface area (Å²) >= 11 is 0. The van der Waals surface area contributed by atoms with Crippen LogP contribution < -0.4 is 5.73 Å². The van der Waals surface area contributed by atoms with Crippen molar-refractivity contribution in [2.45, 2.75) is 13.0 Å². The average molecular weight is 292 g/mol. The minimum absolute atomic E-state index is 0.263. The van der Waals surface area contributed by atoms with Crippen LogP contribution in [0.1, 0.15) is 16.8 Å². The maximum atomic E-state index is 9.49. The van der Waals surface area contributed by atoms with Gasteiger partial charge in [-0.1, -0.05) is 0 Å². The summed E-state index contributed by atoms with van der Waals surface area (Å²) in [5.74, 6) is 0.263. The van der Waals surface area contributed by atoms with Crippen molar-refractivity contribution in [3.05, 3.63) is 41.5 Å². The zero-order valence-electron chi connectivity index (χ0n) is 11.7. The second-order valence-corrected chi connectivity index (χ2v) is 5.06. The minimum atomic E-state index is 0.263. The van der Waals surface area contributed by atoms with Gasteiger partial charge in [0, 0.05) is 23.7 Å². The lowest BCUT2D eigenvalue weighted by molar-refractivity contribution is 0.109. The van der Waals surface area contributed by atoms with Gasteiger partial charge in [0.2, 0.25) is 0 Å². The molecule has 0 radical (unpaired) electrons. The van der Waals surface area contributed by atoms with E-state index in [0.29, 0.717) is 30.8 Å². The largest absolute Gasteiger partial charge is 0.383 e. The van der Waals surface area contributed by atoms with E-state index in [0.717, 1.165) is 22.4 Å². The first-order valence-corrected chi connectivity index (χ1v) is 6.87. The number of nitrogens with zero attached hydrogens (tertiary/aromatic N) is 5. The monoisotopic (exact) mass is 292 g/mol. The summed E-state index contributed by atoms with van der Waals surface area (Å²) in [7, 11) is 0. The number of anilines is 1. The first kappa shape index (κ1) is 12.7. The highest BCUT2D eigenvalue weighted by molar-refractivity contribution is 5.80. The third-order valence-corrected chi connectivity index (χ3v) is 3.82. The van der Waals surface area contributed by atoms with E-state index in [1.165, 1.54) is 6.33 Å². The molecule has 0 atom stereocenters. The Morgan fingerprint density at radius 3 is 3.18 bits per heavy atom. The number of nitrogens with two attached hydrogens (primary N) is 1. The number of ether oxygens (including phenoxy) is 1. The predicted molar refractivity (Wildman–Crippen MR) is 78.7 cm³/mol. The van der Waals surface area contributed by atoms with Gasteiger partial charge in [0.15, 0.2) is 5.65 Å². The summed E-state index contributed by atoms with van der Waals surface area (Å²) in [6, 6.07) is 5.95. The zero-order chi connectivity index (χ0) is 15.1. The Labute approximate surface area is 126 Å². The van der Waals surface area contributed by atoms with Crippen molar-refractivity contribution in [1.29, 1.82) is 5.26 Å². The third kappa shape index (κ3) is 1.82. The molecule has 22 heavy (non-hydrogen) atoms. The number of pyridine rings is 2. The van der Waals surface area contributed by atoms with Crippen LogP contribution in [-0.4, -0.2) is 26.2 Å². The fourth-order valence-corrected chi connectivity index (χ4v) is 2.80. The van der Waals surface area contributed by atoms with Crippen LogP contribution in [0.15, 0.2) is 24.7 Å². The van der Waals surface area contributed by atoms with E-state index in [1.54, 1.807) is 4.52 Å². The van der Waals surface area contributed by atoms with Crippen molar-refractivity contribution in [2.75, 3.05) is 12.3 Å². The van der Waals surface area contributed by atoms with Crippen molar-refractivity contribution in [3.8, 4) is 17.2 Å². The summed E-state index contributed by atoms with van der Waals surface area (Å²) < 4.78 is 7.22. The van der Waals surface area contributed by atoms with E-state index >= 15 is 0 Å². The van der Waals surface area contributed by atoms with E-state index in [2.05, 4.69) is 21.1 Å². The highest BCUT2D eigenvalue weighted by atomic mass is 16.5. The second-order valence-electron chi connectivity index (χ2n) is 5.06. The lowest BCUT2D eigenvalue weighted by atomic mass is 9.93. The molecule has 4 rings (SSSR count). The van der Waals surface area contributed by atoms with Crippen LogP contribution in [0.25, 0.3) is 16.8 Å². The van der Waals surface area contributed by atoms with Crippen LogP contribution >= 0.6 is 0 Å². The van der Waals surface area contributed by atoms with Crippen LogP contribution in [0.4, 0.5) is 5.82 Å². The number of nitriles is 1. The molecule has 4 heterocycles. The number of rotatable bonds is 1. The molecule has 0 spiro atoms. The minimum Gasteiger partial charge on any atom is -0.383 e. The fraction of sp³-hybridized carbons (Fsp3) is 0.200. The molecule has 0 bridgehead atoms. The van der Waals surface area contributed by atoms with Crippen LogP contribution in [0.2, 0.25) is 0 Å². The Balaban J connectivity index is 2.03. The Morgan fingerprint density at radius 2 is 2.32 bits per heavy atom. The van der Waals surface area contributed by atoms with Crippen LogP contribution in [-0.2, 0) is 17.8 Å². The van der Waals surface area contributed by atoms with Gasteiger partial charge in [-0.05, 0) is 17.7 Å². The van der Waals surface area contributed by atoms with Crippen molar-refractivity contribution in [2.24, 2.45) is 0 Å². The molecule has 0 aromatic carbocycles. The third-order valence-electron chi connectivity index (χ3n) is 3.82. The zero-order valence-corrected chi connectivity index (χ0v) is 11.7. The maximum Gasteiger partial charge on any atom is 0.155 e. The van der Waals surface area contributed by atoms with Gasteiger partial charge in [-0.15, -0.1) is 0 Å². The van der Waals surface area contributed by atoms with Crippen LogP contribution in [0, 0.1) is 11.3 Å². The molecule has 108 valence electrons. The molecule has 7 heteroatoms. The van der Waals surface area contributed by atoms with Gasteiger partial charge in [0.05, 0.1) is 18.9 Å². The molecule has 0 fully saturated rings. The number of hydrogen-bond donors (Lipinski definition) is 1. The van der Waals surface area contributed by atoms with Gasteiger partial charge in [0.25, 0.3) is 0 Å². The molecule has 0 aliphatic carbocycles. The standard InChI is InChI=1S/C15H12N6O/c16-6-10-14(9-1-3-21-13(5-9)18-8-19-21)11-7-22-4-2-12(11)20-15(10)17/h1,3,5,8H,2,4,7H2,(H2,17,20). The van der Waals surface area contributed by atoms with Crippen molar-refractivity contribution >= 4 is 11.5 Å². The molecule has 3 aromatic rings. The quantitative estimate of drug-likeness (QED) is 0.725. The molecule has 0 unspecified atom stereocenters. The Hall–Kier alpha value is -2.98. The van der Waals surface area contributed by atoms with Gasteiger partial charge in [0.1, 0.15) is 23.8 Å². The van der Waals surface area contributed by atoms with E-state index in [1.807, 2.05) is 18.3 Å². The van der Waals surface area contributed by atoms with E-state index in [-0.39, 0.29) is 5.82 Å². The molecule has 1 aliphatic heterocycles. The SMILES string of the molecule is N#Cc1c(N)nc2c(c1-c1ccn3ncnc3c1)COCC2. The second kappa shape index (κ2) is 4.79. The summed E-state index contributed by atoms with van der Waals surface area (Å²) in [6.45, 7) is 1.05. The highest BCUT2D eigenvalue weighted by Gasteiger charge is 2.22. The summed E-state index contributed by atoms with van der Waals surface area (Å²) in [4.78, 5) is 8.55. The van der Waals surface area contributed by atoms with Crippen molar-refractivity contribution < 1.29 is 4.74 Å². The highest BCUT2D eigenvalue weighted by Crippen LogP contribution is 2.34. The summed E-state index contributed by atoms with van der Waals surface area (Å²) in [5, 5.41) is 13.6. The van der Waals surface area contributed by atoms with E-state index < -0.39 is 0 Å². The fourth-order valence-electron chi connectivity index (χ4n) is 2.80. The molecule has 3 aromatic heterocycles. The normalized spacial score (nSPS) is 13.8. The first-order valence-electron chi connectivity index (χ1n) is 6.87. The van der Waals surface area contributed by atoms with Gasteiger partial charge >= 0.3 is 0 Å².